The minimum absolute atomic E-state index is 0.329. The minimum atomic E-state index is -2.51. The molecule has 0 fully saturated rings. The summed E-state index contributed by atoms with van der Waals surface area (Å²) in [5.41, 5.74) is 1.79. The number of allylic oxidation sites excluding steroid dienone is 2. The van der Waals surface area contributed by atoms with Gasteiger partial charge in [0.2, 0.25) is 0 Å². The molecule has 0 spiro atoms. The van der Waals surface area contributed by atoms with Gasteiger partial charge >= 0.3 is 0 Å². The molecule has 1 aromatic carbocycles. The predicted octanol–water partition coefficient (Wildman–Crippen LogP) is 1.61. The molecule has 0 unspecified atom stereocenters. The molecule has 0 bridgehead atoms. The summed E-state index contributed by atoms with van der Waals surface area (Å²) >= 11 is 0. The molecule has 0 saturated heterocycles. The fourth-order valence-electron chi connectivity index (χ4n) is 1.28. The molecule has 1 aromatic rings. The zero-order valence-corrected chi connectivity index (χ0v) is 8.20. The molecular weight excluding hydrogens is 198 g/mol. The van der Waals surface area contributed by atoms with Crippen LogP contribution in [-0.2, 0) is 10.7 Å². The van der Waals surface area contributed by atoms with Crippen LogP contribution in [0.25, 0.3) is 6.08 Å². The first kappa shape index (κ1) is 9.02. The summed E-state index contributed by atoms with van der Waals surface area (Å²) in [5, 5.41) is 3.01. The van der Waals surface area contributed by atoms with Gasteiger partial charge in [0.15, 0.2) is 10.7 Å². The van der Waals surface area contributed by atoms with Crippen LogP contribution >= 0.6 is 0 Å². The summed E-state index contributed by atoms with van der Waals surface area (Å²) < 4.78 is 21.5. The van der Waals surface area contributed by atoms with Crippen molar-refractivity contribution in [3.63, 3.8) is 0 Å². The van der Waals surface area contributed by atoms with Gasteiger partial charge in [-0.05, 0) is 23.8 Å². The predicted molar refractivity (Wildman–Crippen MR) is 56.8 cm³/mol. The molecule has 1 aliphatic heterocycles. The summed E-state index contributed by atoms with van der Waals surface area (Å²) in [6, 6.07) is 5.01. The molecular formula is C10H9NO2S. The summed E-state index contributed by atoms with van der Waals surface area (Å²) in [6.07, 6.45) is 7.45. The van der Waals surface area contributed by atoms with E-state index in [0.29, 0.717) is 4.90 Å². The Bertz CT molecular complexity index is 479. The third kappa shape index (κ3) is 1.70. The van der Waals surface area contributed by atoms with Crippen LogP contribution in [0.5, 0.6) is 0 Å². The van der Waals surface area contributed by atoms with Gasteiger partial charge in [0, 0.05) is 11.9 Å². The molecule has 0 aromatic heterocycles. The largest absolute Gasteiger partial charge is 0.361 e. The maximum atomic E-state index is 10.7. The number of benzene rings is 1. The van der Waals surface area contributed by atoms with Gasteiger partial charge in [-0.2, -0.15) is 0 Å². The first-order chi connectivity index (χ1) is 6.77. The van der Waals surface area contributed by atoms with E-state index in [1.54, 1.807) is 24.4 Å². The molecule has 2 rings (SSSR count). The zero-order valence-electron chi connectivity index (χ0n) is 7.31. The molecule has 0 amide bonds. The number of anilines is 1. The van der Waals surface area contributed by atoms with E-state index in [0.717, 1.165) is 11.3 Å². The number of fused-ring (bicyclic) bond motifs is 1. The van der Waals surface area contributed by atoms with Gasteiger partial charge < -0.3 is 5.32 Å². The third-order valence-electron chi connectivity index (χ3n) is 1.97. The number of hydrogen-bond acceptors (Lipinski definition) is 3. The lowest BCUT2D eigenvalue weighted by Gasteiger charge is -2.04. The van der Waals surface area contributed by atoms with Gasteiger partial charge in [-0.25, -0.2) is 8.42 Å². The maximum Gasteiger partial charge on any atom is 0.168 e. The molecule has 1 heterocycles. The van der Waals surface area contributed by atoms with Gasteiger partial charge in [-0.3, -0.25) is 0 Å². The summed E-state index contributed by atoms with van der Waals surface area (Å²) in [4.78, 5) is 0.329. The molecule has 4 heteroatoms. The molecule has 0 saturated carbocycles. The normalized spacial score (nSPS) is 13.5. The summed E-state index contributed by atoms with van der Waals surface area (Å²) in [5.74, 6) is 0. The number of thiol groups is 1. The van der Waals surface area contributed by atoms with E-state index in [4.69, 9.17) is 0 Å². The Morgan fingerprint density at radius 2 is 2.00 bits per heavy atom. The molecule has 1 N–H and O–H groups in total. The van der Waals surface area contributed by atoms with Crippen molar-refractivity contribution in [3.8, 4) is 0 Å². The molecule has 0 aliphatic carbocycles. The Labute approximate surface area is 83.7 Å². The van der Waals surface area contributed by atoms with Gasteiger partial charge in [-0.1, -0.05) is 18.2 Å². The van der Waals surface area contributed by atoms with E-state index in [1.807, 2.05) is 18.2 Å². The Balaban J connectivity index is 2.54. The quantitative estimate of drug-likeness (QED) is 0.688. The van der Waals surface area contributed by atoms with Crippen molar-refractivity contribution in [3.05, 3.63) is 42.1 Å². The van der Waals surface area contributed by atoms with Crippen molar-refractivity contribution in [2.75, 3.05) is 5.32 Å². The van der Waals surface area contributed by atoms with Gasteiger partial charge in [0.1, 0.15) is 0 Å². The number of nitrogens with one attached hydrogen (secondary N) is 1. The summed E-state index contributed by atoms with van der Waals surface area (Å²) in [7, 11) is -2.51. The van der Waals surface area contributed by atoms with E-state index in [2.05, 4.69) is 5.32 Å². The molecule has 72 valence electrons. The van der Waals surface area contributed by atoms with Crippen molar-refractivity contribution in [2.45, 2.75) is 4.90 Å². The monoisotopic (exact) mass is 207 g/mol. The summed E-state index contributed by atoms with van der Waals surface area (Å²) in [6.45, 7) is 0. The van der Waals surface area contributed by atoms with Gasteiger partial charge in [0.05, 0.1) is 4.90 Å². The van der Waals surface area contributed by atoms with E-state index in [-0.39, 0.29) is 0 Å². The van der Waals surface area contributed by atoms with Crippen molar-refractivity contribution >= 4 is 22.5 Å². The molecule has 1 aliphatic rings. The molecule has 3 nitrogen and oxygen atoms in total. The zero-order chi connectivity index (χ0) is 9.97. The number of rotatable bonds is 1. The smallest absolute Gasteiger partial charge is 0.168 e. The Morgan fingerprint density at radius 3 is 2.79 bits per heavy atom. The van der Waals surface area contributed by atoms with Crippen LogP contribution in [0.4, 0.5) is 5.69 Å². The van der Waals surface area contributed by atoms with Crippen molar-refractivity contribution in [1.82, 2.24) is 0 Å². The lowest BCUT2D eigenvalue weighted by molar-refractivity contribution is 0.614. The van der Waals surface area contributed by atoms with Crippen LogP contribution < -0.4 is 5.32 Å². The highest BCUT2D eigenvalue weighted by atomic mass is 32.2. The lowest BCUT2D eigenvalue weighted by Crippen LogP contribution is -1.91. The van der Waals surface area contributed by atoms with Crippen LogP contribution in [0.15, 0.2) is 41.4 Å². The minimum Gasteiger partial charge on any atom is -0.361 e. The van der Waals surface area contributed by atoms with E-state index < -0.39 is 10.7 Å². The van der Waals surface area contributed by atoms with Crippen LogP contribution in [0, 0.1) is 0 Å². The third-order valence-corrected chi connectivity index (χ3v) is 2.67. The Morgan fingerprint density at radius 1 is 1.14 bits per heavy atom. The Hall–Kier alpha value is -1.55. The van der Waals surface area contributed by atoms with Crippen LogP contribution in [-0.4, -0.2) is 8.42 Å². The fraction of sp³-hybridized carbons (Fsp3) is 0. The van der Waals surface area contributed by atoms with E-state index in [9.17, 15) is 8.42 Å². The molecule has 14 heavy (non-hydrogen) atoms. The second-order valence-corrected chi connectivity index (χ2v) is 3.92. The van der Waals surface area contributed by atoms with E-state index in [1.165, 1.54) is 0 Å². The van der Waals surface area contributed by atoms with Crippen LogP contribution in [0.1, 0.15) is 5.56 Å². The average Bonchev–Trinajstić information content (AvgIpc) is 2.41. The van der Waals surface area contributed by atoms with Crippen molar-refractivity contribution in [2.24, 2.45) is 0 Å². The number of hydrogen-bond donors (Lipinski definition) is 2. The first-order valence-corrected chi connectivity index (χ1v) is 5.33. The average molecular weight is 207 g/mol. The van der Waals surface area contributed by atoms with Crippen LogP contribution in [0.2, 0.25) is 0 Å². The molecule has 0 radical (unpaired) electrons. The molecule has 0 atom stereocenters. The van der Waals surface area contributed by atoms with Gasteiger partial charge in [0.25, 0.3) is 0 Å². The standard InChI is InChI=1S/C10H9NO2S/c12-14(13)9-5-4-8-3-1-2-6-11-10(8)7-9/h1-7,11,14H. The second kappa shape index (κ2) is 3.67. The SMILES string of the molecule is O=[SH](=O)c1ccc2c(c1)NC=CC=C2. The Kier molecular flexibility index (Phi) is 2.37. The highest BCUT2D eigenvalue weighted by Crippen LogP contribution is 2.21. The van der Waals surface area contributed by atoms with Crippen molar-refractivity contribution in [1.29, 1.82) is 0 Å². The van der Waals surface area contributed by atoms with Crippen LogP contribution in [0.3, 0.4) is 0 Å². The van der Waals surface area contributed by atoms with Crippen molar-refractivity contribution < 1.29 is 8.42 Å². The maximum absolute atomic E-state index is 10.7. The fourth-order valence-corrected chi connectivity index (χ4v) is 1.71. The topological polar surface area (TPSA) is 46.2 Å². The lowest BCUT2D eigenvalue weighted by atomic mass is 10.2. The highest BCUT2D eigenvalue weighted by molar-refractivity contribution is 7.72. The highest BCUT2D eigenvalue weighted by Gasteiger charge is 2.02. The van der Waals surface area contributed by atoms with Gasteiger partial charge in [-0.15, -0.1) is 0 Å². The van der Waals surface area contributed by atoms with E-state index >= 15 is 0 Å². The first-order valence-electron chi connectivity index (χ1n) is 4.15. The second-order valence-electron chi connectivity index (χ2n) is 2.89.